The Labute approximate surface area is 103 Å². The first-order chi connectivity index (χ1) is 8.56. The second-order valence-corrected chi connectivity index (χ2v) is 3.71. The van der Waals surface area contributed by atoms with Crippen molar-refractivity contribution in [3.63, 3.8) is 0 Å². The summed E-state index contributed by atoms with van der Waals surface area (Å²) in [7, 11) is 0. The van der Waals surface area contributed by atoms with E-state index in [1.54, 1.807) is 19.9 Å². The zero-order valence-electron chi connectivity index (χ0n) is 9.91. The molecular formula is C11H11N3O4. The van der Waals surface area contributed by atoms with Gasteiger partial charge < -0.3 is 9.15 Å². The van der Waals surface area contributed by atoms with Crippen molar-refractivity contribution in [1.29, 1.82) is 0 Å². The van der Waals surface area contributed by atoms with Crippen LogP contribution in [0.4, 0.5) is 5.69 Å². The molecule has 0 radical (unpaired) electrons. The Kier molecular flexibility index (Phi) is 3.22. The standard InChI is InChI=1S/C11H11N3O4/c1-7-5-9(3-4-10(7)14(15)16)17-6-11-13-12-8(2)18-11/h3-5H,6H2,1-2H3. The molecule has 0 aliphatic heterocycles. The van der Waals surface area contributed by atoms with Crippen LogP contribution >= 0.6 is 0 Å². The summed E-state index contributed by atoms with van der Waals surface area (Å²) in [4.78, 5) is 10.2. The molecule has 0 amide bonds. The van der Waals surface area contributed by atoms with Gasteiger partial charge in [0.05, 0.1) is 4.92 Å². The Morgan fingerprint density at radius 1 is 1.39 bits per heavy atom. The Hall–Kier alpha value is -2.44. The predicted octanol–water partition coefficient (Wildman–Crippen LogP) is 2.17. The van der Waals surface area contributed by atoms with E-state index in [4.69, 9.17) is 9.15 Å². The molecule has 0 saturated heterocycles. The second-order valence-electron chi connectivity index (χ2n) is 3.71. The Morgan fingerprint density at radius 2 is 2.17 bits per heavy atom. The third-order valence-electron chi connectivity index (χ3n) is 2.30. The highest BCUT2D eigenvalue weighted by Crippen LogP contribution is 2.23. The van der Waals surface area contributed by atoms with Gasteiger partial charge in [-0.15, -0.1) is 10.2 Å². The summed E-state index contributed by atoms with van der Waals surface area (Å²) in [5, 5.41) is 18.1. The first-order valence-electron chi connectivity index (χ1n) is 5.23. The molecule has 0 atom stereocenters. The van der Waals surface area contributed by atoms with E-state index in [9.17, 15) is 10.1 Å². The summed E-state index contributed by atoms with van der Waals surface area (Å²) in [6.07, 6.45) is 0. The molecule has 0 unspecified atom stereocenters. The monoisotopic (exact) mass is 249 g/mol. The molecule has 0 fully saturated rings. The number of aromatic nitrogens is 2. The highest BCUT2D eigenvalue weighted by Gasteiger charge is 2.11. The van der Waals surface area contributed by atoms with Gasteiger partial charge in [0.25, 0.3) is 11.6 Å². The molecule has 0 saturated carbocycles. The van der Waals surface area contributed by atoms with Crippen LogP contribution in [0.15, 0.2) is 22.6 Å². The number of nitro groups is 1. The minimum atomic E-state index is -0.430. The maximum absolute atomic E-state index is 10.6. The summed E-state index contributed by atoms with van der Waals surface area (Å²) in [5.41, 5.74) is 0.607. The van der Waals surface area contributed by atoms with Crippen LogP contribution in [-0.4, -0.2) is 15.1 Å². The summed E-state index contributed by atoms with van der Waals surface area (Å²) >= 11 is 0. The van der Waals surface area contributed by atoms with Crippen molar-refractivity contribution in [3.05, 3.63) is 45.7 Å². The molecule has 1 aromatic carbocycles. The molecule has 0 aliphatic carbocycles. The van der Waals surface area contributed by atoms with Crippen molar-refractivity contribution >= 4 is 5.69 Å². The lowest BCUT2D eigenvalue weighted by atomic mass is 10.2. The lowest BCUT2D eigenvalue weighted by molar-refractivity contribution is -0.385. The summed E-state index contributed by atoms with van der Waals surface area (Å²) < 4.78 is 10.5. The molecule has 0 spiro atoms. The van der Waals surface area contributed by atoms with Crippen molar-refractivity contribution in [2.45, 2.75) is 20.5 Å². The fourth-order valence-corrected chi connectivity index (χ4v) is 1.46. The van der Waals surface area contributed by atoms with Gasteiger partial charge in [-0.25, -0.2) is 0 Å². The van der Waals surface area contributed by atoms with Gasteiger partial charge in [0.2, 0.25) is 5.89 Å². The summed E-state index contributed by atoms with van der Waals surface area (Å²) in [6.45, 7) is 3.48. The molecule has 0 N–H and O–H groups in total. The van der Waals surface area contributed by atoms with Crippen LogP contribution in [0.25, 0.3) is 0 Å². The van der Waals surface area contributed by atoms with Gasteiger partial charge in [0.1, 0.15) is 5.75 Å². The van der Waals surface area contributed by atoms with E-state index in [-0.39, 0.29) is 12.3 Å². The third kappa shape index (κ3) is 2.62. The van der Waals surface area contributed by atoms with Gasteiger partial charge in [-0.2, -0.15) is 0 Å². The van der Waals surface area contributed by atoms with Crippen LogP contribution in [0.1, 0.15) is 17.3 Å². The molecule has 7 nitrogen and oxygen atoms in total. The van der Waals surface area contributed by atoms with Gasteiger partial charge in [-0.3, -0.25) is 10.1 Å². The number of aryl methyl sites for hydroxylation is 2. The highest BCUT2D eigenvalue weighted by atomic mass is 16.6. The van der Waals surface area contributed by atoms with Crippen molar-refractivity contribution in [2.75, 3.05) is 0 Å². The quantitative estimate of drug-likeness (QED) is 0.609. The molecule has 1 heterocycles. The van der Waals surface area contributed by atoms with Crippen LogP contribution in [-0.2, 0) is 6.61 Å². The number of rotatable bonds is 4. The number of nitro benzene ring substituents is 1. The van der Waals surface area contributed by atoms with Crippen molar-refractivity contribution in [2.24, 2.45) is 0 Å². The fourth-order valence-electron chi connectivity index (χ4n) is 1.46. The van der Waals surface area contributed by atoms with E-state index in [1.165, 1.54) is 12.1 Å². The van der Waals surface area contributed by atoms with E-state index in [0.717, 1.165) is 0 Å². The lowest BCUT2D eigenvalue weighted by Gasteiger charge is -2.04. The lowest BCUT2D eigenvalue weighted by Crippen LogP contribution is -1.97. The topological polar surface area (TPSA) is 91.3 Å². The largest absolute Gasteiger partial charge is 0.484 e. The predicted molar refractivity (Wildman–Crippen MR) is 61.2 cm³/mol. The van der Waals surface area contributed by atoms with E-state index < -0.39 is 4.92 Å². The minimum absolute atomic E-state index is 0.0657. The zero-order valence-corrected chi connectivity index (χ0v) is 9.91. The molecule has 2 rings (SSSR count). The van der Waals surface area contributed by atoms with Gasteiger partial charge in [0.15, 0.2) is 6.61 Å². The van der Waals surface area contributed by atoms with E-state index in [0.29, 0.717) is 23.1 Å². The van der Waals surface area contributed by atoms with Crippen LogP contribution in [0.3, 0.4) is 0 Å². The minimum Gasteiger partial charge on any atom is -0.484 e. The van der Waals surface area contributed by atoms with Gasteiger partial charge in [-0.05, 0) is 19.1 Å². The zero-order chi connectivity index (χ0) is 13.1. The van der Waals surface area contributed by atoms with E-state index in [1.807, 2.05) is 0 Å². The molecule has 0 aliphatic rings. The van der Waals surface area contributed by atoms with E-state index in [2.05, 4.69) is 10.2 Å². The van der Waals surface area contributed by atoms with Gasteiger partial charge in [0, 0.05) is 18.6 Å². The average Bonchev–Trinajstić information content (AvgIpc) is 2.72. The van der Waals surface area contributed by atoms with Crippen molar-refractivity contribution in [1.82, 2.24) is 10.2 Å². The average molecular weight is 249 g/mol. The Morgan fingerprint density at radius 3 is 2.72 bits per heavy atom. The number of benzene rings is 1. The molecule has 7 heteroatoms. The highest BCUT2D eigenvalue weighted by molar-refractivity contribution is 5.44. The maximum atomic E-state index is 10.6. The number of hydrogen-bond acceptors (Lipinski definition) is 6. The Bertz CT molecular complexity index is 579. The maximum Gasteiger partial charge on any atom is 0.272 e. The fraction of sp³-hybridized carbons (Fsp3) is 0.273. The number of nitrogens with zero attached hydrogens (tertiary/aromatic N) is 3. The molecule has 1 aromatic heterocycles. The summed E-state index contributed by atoms with van der Waals surface area (Å²) in [6, 6.07) is 4.54. The van der Waals surface area contributed by atoms with Crippen LogP contribution in [0, 0.1) is 24.0 Å². The van der Waals surface area contributed by atoms with Crippen molar-refractivity contribution in [3.8, 4) is 5.75 Å². The first kappa shape index (κ1) is 12.0. The molecule has 2 aromatic rings. The first-order valence-corrected chi connectivity index (χ1v) is 5.23. The van der Waals surface area contributed by atoms with Crippen LogP contribution < -0.4 is 4.74 Å². The second kappa shape index (κ2) is 4.82. The SMILES string of the molecule is Cc1nnc(COc2ccc([N+](=O)[O-])c(C)c2)o1. The molecule has 94 valence electrons. The smallest absolute Gasteiger partial charge is 0.272 e. The normalized spacial score (nSPS) is 10.3. The summed E-state index contributed by atoms with van der Waals surface area (Å²) in [5.74, 6) is 1.35. The van der Waals surface area contributed by atoms with Crippen LogP contribution in [0.5, 0.6) is 5.75 Å². The third-order valence-corrected chi connectivity index (χ3v) is 2.30. The van der Waals surface area contributed by atoms with Gasteiger partial charge in [-0.1, -0.05) is 0 Å². The molecule has 18 heavy (non-hydrogen) atoms. The molecular weight excluding hydrogens is 238 g/mol. The Balaban J connectivity index is 2.06. The van der Waals surface area contributed by atoms with Crippen LogP contribution in [0.2, 0.25) is 0 Å². The van der Waals surface area contributed by atoms with E-state index >= 15 is 0 Å². The number of ether oxygens (including phenoxy) is 1. The van der Waals surface area contributed by atoms with Gasteiger partial charge >= 0.3 is 0 Å². The van der Waals surface area contributed by atoms with Crippen molar-refractivity contribution < 1.29 is 14.1 Å². The number of hydrogen-bond donors (Lipinski definition) is 0. The molecule has 0 bridgehead atoms.